The molecule has 2 aromatic rings. The number of benzene rings is 2. The molecule has 0 spiro atoms. The monoisotopic (exact) mass is 404 g/mol. The maximum absolute atomic E-state index is 13.1. The summed E-state index contributed by atoms with van der Waals surface area (Å²) in [5.41, 5.74) is 1.67. The number of hydrogen-bond donors (Lipinski definition) is 1. The lowest BCUT2D eigenvalue weighted by Gasteiger charge is -2.26. The minimum atomic E-state index is -3.62. The maximum atomic E-state index is 13.1. The van der Waals surface area contributed by atoms with E-state index in [4.69, 9.17) is 0 Å². The van der Waals surface area contributed by atoms with Gasteiger partial charge >= 0.3 is 0 Å². The number of nitrogens with zero attached hydrogens (tertiary/aromatic N) is 1. The Kier molecular flexibility index (Phi) is 6.15. The molecule has 0 aliphatic carbocycles. The number of carbonyl (C=O) groups excluding carboxylic acids is 1. The summed E-state index contributed by atoms with van der Waals surface area (Å²) in [4.78, 5) is 12.8. The second-order valence-corrected chi connectivity index (χ2v) is 9.10. The first kappa shape index (κ1) is 20.5. The number of nitrogens with one attached hydrogen (secondary N) is 1. The van der Waals surface area contributed by atoms with E-state index >= 15 is 0 Å². The zero-order chi connectivity index (χ0) is 20.3. The molecule has 1 N–H and O–H groups in total. The first-order valence-corrected chi connectivity index (χ1v) is 10.9. The lowest BCUT2D eigenvalue weighted by molar-refractivity contribution is 0.0939. The van der Waals surface area contributed by atoms with Crippen LogP contribution in [0.1, 0.15) is 53.7 Å². The molecule has 0 radical (unpaired) electrons. The van der Waals surface area contributed by atoms with E-state index in [1.165, 1.54) is 22.5 Å². The Hall–Kier alpha value is -2.25. The lowest BCUT2D eigenvalue weighted by Crippen LogP contribution is -2.36. The summed E-state index contributed by atoms with van der Waals surface area (Å²) in [5.74, 6) is -0.708. The van der Waals surface area contributed by atoms with E-state index in [1.807, 2.05) is 0 Å². The number of carbonyl (C=O) groups is 1. The number of sulfonamides is 1. The summed E-state index contributed by atoms with van der Waals surface area (Å²) in [6, 6.07) is 10.3. The average molecular weight is 405 g/mol. The molecule has 0 aromatic heterocycles. The van der Waals surface area contributed by atoms with E-state index < -0.39 is 10.0 Å². The number of rotatable bonds is 5. The second kappa shape index (κ2) is 8.41. The molecule has 1 amide bonds. The zero-order valence-electron chi connectivity index (χ0n) is 16.1. The molecule has 0 bridgehead atoms. The number of amides is 1. The first-order chi connectivity index (χ1) is 13.3. The van der Waals surface area contributed by atoms with Crippen molar-refractivity contribution in [3.8, 4) is 0 Å². The quantitative estimate of drug-likeness (QED) is 0.824. The molecule has 1 saturated heterocycles. The largest absolute Gasteiger partial charge is 0.346 e. The molecular weight excluding hydrogens is 379 g/mol. The highest BCUT2D eigenvalue weighted by Gasteiger charge is 2.28. The number of aryl methyl sites for hydroxylation is 1. The number of hydrogen-bond acceptors (Lipinski definition) is 3. The van der Waals surface area contributed by atoms with Crippen LogP contribution in [0.15, 0.2) is 47.4 Å². The van der Waals surface area contributed by atoms with Gasteiger partial charge in [-0.15, -0.1) is 0 Å². The van der Waals surface area contributed by atoms with Crippen LogP contribution in [0.2, 0.25) is 0 Å². The maximum Gasteiger partial charge on any atom is 0.251 e. The third-order valence-electron chi connectivity index (χ3n) is 5.10. The second-order valence-electron chi connectivity index (χ2n) is 7.19. The van der Waals surface area contributed by atoms with Crippen molar-refractivity contribution in [3.63, 3.8) is 0 Å². The Bertz CT molecular complexity index is 952. The zero-order valence-corrected chi connectivity index (χ0v) is 16.9. The molecule has 3 rings (SSSR count). The van der Waals surface area contributed by atoms with E-state index in [9.17, 15) is 17.6 Å². The van der Waals surface area contributed by atoms with Gasteiger partial charge in [0.05, 0.1) is 10.9 Å². The van der Waals surface area contributed by atoms with Gasteiger partial charge in [-0.1, -0.05) is 24.6 Å². The van der Waals surface area contributed by atoms with Crippen molar-refractivity contribution < 1.29 is 17.6 Å². The van der Waals surface area contributed by atoms with E-state index in [0.717, 1.165) is 24.8 Å². The fourth-order valence-corrected chi connectivity index (χ4v) is 5.15. The molecule has 1 aliphatic rings. The SMILES string of the molecule is Cc1ccc(C(=O)N[C@@H](C)c2ccc(F)cc2)cc1S(=O)(=O)N1CCCCC1. The van der Waals surface area contributed by atoms with Gasteiger partial charge in [0.25, 0.3) is 5.91 Å². The summed E-state index contributed by atoms with van der Waals surface area (Å²) < 4.78 is 40.6. The van der Waals surface area contributed by atoms with Gasteiger partial charge in [0.15, 0.2) is 0 Å². The van der Waals surface area contributed by atoms with Crippen molar-refractivity contribution in [2.45, 2.75) is 44.0 Å². The van der Waals surface area contributed by atoms with Gasteiger partial charge in [0.2, 0.25) is 10.0 Å². The van der Waals surface area contributed by atoms with Gasteiger partial charge in [-0.3, -0.25) is 4.79 Å². The highest BCUT2D eigenvalue weighted by molar-refractivity contribution is 7.89. The summed E-state index contributed by atoms with van der Waals surface area (Å²) in [6.07, 6.45) is 2.75. The van der Waals surface area contributed by atoms with Crippen molar-refractivity contribution in [2.75, 3.05) is 13.1 Å². The molecule has 150 valence electrons. The average Bonchev–Trinajstić information content (AvgIpc) is 2.69. The van der Waals surface area contributed by atoms with Gasteiger partial charge in [-0.2, -0.15) is 4.31 Å². The summed E-state index contributed by atoms with van der Waals surface area (Å²) in [7, 11) is -3.62. The van der Waals surface area contributed by atoms with E-state index in [-0.39, 0.29) is 28.2 Å². The van der Waals surface area contributed by atoms with Crippen LogP contribution in [0.3, 0.4) is 0 Å². The van der Waals surface area contributed by atoms with Crippen LogP contribution in [0.5, 0.6) is 0 Å². The Morgan fingerprint density at radius 3 is 2.36 bits per heavy atom. The summed E-state index contributed by atoms with van der Waals surface area (Å²) >= 11 is 0. The Labute approximate surface area is 165 Å². The third-order valence-corrected chi connectivity index (χ3v) is 7.14. The molecule has 1 fully saturated rings. The van der Waals surface area contributed by atoms with Crippen LogP contribution >= 0.6 is 0 Å². The van der Waals surface area contributed by atoms with Gasteiger partial charge in [0, 0.05) is 18.7 Å². The van der Waals surface area contributed by atoms with Gasteiger partial charge < -0.3 is 5.32 Å². The minimum absolute atomic E-state index is 0.177. The third kappa shape index (κ3) is 4.42. The van der Waals surface area contributed by atoms with Crippen LogP contribution in [-0.2, 0) is 10.0 Å². The summed E-state index contributed by atoms with van der Waals surface area (Å²) in [5, 5.41) is 2.84. The molecule has 2 aromatic carbocycles. The van der Waals surface area contributed by atoms with Crippen LogP contribution in [0.4, 0.5) is 4.39 Å². The predicted molar refractivity (Wildman–Crippen MR) is 106 cm³/mol. The molecule has 5 nitrogen and oxygen atoms in total. The normalized spacial score (nSPS) is 16.5. The molecule has 7 heteroatoms. The Morgan fingerprint density at radius 2 is 1.71 bits per heavy atom. The Morgan fingerprint density at radius 1 is 1.07 bits per heavy atom. The van der Waals surface area contributed by atoms with Crippen LogP contribution in [-0.4, -0.2) is 31.7 Å². The molecular formula is C21H25FN2O3S. The molecule has 1 atom stereocenters. The Balaban J connectivity index is 1.82. The van der Waals surface area contributed by atoms with Crippen molar-refractivity contribution in [1.82, 2.24) is 9.62 Å². The highest BCUT2D eigenvalue weighted by atomic mass is 32.2. The molecule has 0 unspecified atom stereocenters. The summed E-state index contributed by atoms with van der Waals surface area (Å²) in [6.45, 7) is 4.56. The van der Waals surface area contributed by atoms with Crippen LogP contribution in [0, 0.1) is 12.7 Å². The topological polar surface area (TPSA) is 66.5 Å². The molecule has 28 heavy (non-hydrogen) atoms. The van der Waals surface area contributed by atoms with Crippen molar-refractivity contribution >= 4 is 15.9 Å². The van der Waals surface area contributed by atoms with Crippen molar-refractivity contribution in [3.05, 3.63) is 65.0 Å². The fraction of sp³-hybridized carbons (Fsp3) is 0.381. The first-order valence-electron chi connectivity index (χ1n) is 9.46. The minimum Gasteiger partial charge on any atom is -0.346 e. The van der Waals surface area contributed by atoms with Crippen molar-refractivity contribution in [1.29, 1.82) is 0 Å². The standard InChI is InChI=1S/C21H25FN2O3S/c1-15-6-7-18(14-20(15)28(26,27)24-12-4-3-5-13-24)21(25)23-16(2)17-8-10-19(22)11-9-17/h6-11,14,16H,3-5,12-13H2,1-2H3,(H,23,25)/t16-/m0/s1. The molecule has 1 heterocycles. The van der Waals surface area contributed by atoms with E-state index in [2.05, 4.69) is 5.32 Å². The molecule has 1 aliphatic heterocycles. The van der Waals surface area contributed by atoms with Crippen molar-refractivity contribution in [2.24, 2.45) is 0 Å². The van der Waals surface area contributed by atoms with Gasteiger partial charge in [-0.05, 0) is 62.1 Å². The fourth-order valence-electron chi connectivity index (χ4n) is 3.38. The van der Waals surface area contributed by atoms with E-state index in [1.54, 1.807) is 38.1 Å². The number of halogens is 1. The smallest absolute Gasteiger partial charge is 0.251 e. The van der Waals surface area contributed by atoms with E-state index in [0.29, 0.717) is 18.7 Å². The van der Waals surface area contributed by atoms with Gasteiger partial charge in [0.1, 0.15) is 5.82 Å². The van der Waals surface area contributed by atoms with Crippen LogP contribution < -0.4 is 5.32 Å². The lowest BCUT2D eigenvalue weighted by atomic mass is 10.1. The molecule has 0 saturated carbocycles. The predicted octanol–water partition coefficient (Wildman–Crippen LogP) is 3.80. The highest BCUT2D eigenvalue weighted by Crippen LogP contribution is 2.25. The van der Waals surface area contributed by atoms with Crippen LogP contribution in [0.25, 0.3) is 0 Å². The van der Waals surface area contributed by atoms with Gasteiger partial charge in [-0.25, -0.2) is 12.8 Å². The number of piperidine rings is 1.